The van der Waals surface area contributed by atoms with Crippen molar-refractivity contribution < 1.29 is 9.53 Å². The summed E-state index contributed by atoms with van der Waals surface area (Å²) in [5, 5.41) is 3.00. The minimum absolute atomic E-state index is 0.183. The number of nitrogens with zero attached hydrogens (tertiary/aromatic N) is 2. The molecule has 0 fully saturated rings. The van der Waals surface area contributed by atoms with Crippen molar-refractivity contribution in [1.82, 2.24) is 9.66 Å². The number of amides is 1. The van der Waals surface area contributed by atoms with Gasteiger partial charge in [0.2, 0.25) is 5.91 Å². The summed E-state index contributed by atoms with van der Waals surface area (Å²) in [4.78, 5) is 18.1. The number of hydrogen-bond acceptors (Lipinski definition) is 5. The molecule has 32 heavy (non-hydrogen) atoms. The number of thioether (sulfide) groups is 1. The van der Waals surface area contributed by atoms with Crippen molar-refractivity contribution in [1.29, 1.82) is 0 Å². The topological polar surface area (TPSA) is 82.2 Å². The summed E-state index contributed by atoms with van der Waals surface area (Å²) in [5.74, 6) is 6.65. The molecule has 0 unspecified atom stereocenters. The monoisotopic (exact) mass is 444 g/mol. The maximum atomic E-state index is 13.4. The molecule has 3 N–H and O–H groups in total. The van der Waals surface area contributed by atoms with E-state index in [2.05, 4.69) is 10.3 Å². The van der Waals surface area contributed by atoms with Crippen LogP contribution >= 0.6 is 11.8 Å². The van der Waals surface area contributed by atoms with Crippen LogP contribution in [0.4, 0.5) is 5.69 Å². The smallest absolute Gasteiger partial charge is 0.242 e. The lowest BCUT2D eigenvalue weighted by molar-refractivity contribution is -0.115. The molecule has 0 aliphatic rings. The van der Waals surface area contributed by atoms with Crippen LogP contribution in [-0.4, -0.2) is 22.2 Å². The molecular weight excluding hydrogens is 420 g/mol. The average Bonchev–Trinajstić information content (AvgIpc) is 3.20. The predicted molar refractivity (Wildman–Crippen MR) is 129 cm³/mol. The maximum absolute atomic E-state index is 13.4. The lowest BCUT2D eigenvalue weighted by atomic mass is 10.1. The van der Waals surface area contributed by atoms with Crippen molar-refractivity contribution in [3.05, 3.63) is 96.7 Å². The number of anilines is 1. The van der Waals surface area contributed by atoms with Crippen LogP contribution in [0, 0.1) is 0 Å². The number of aromatic nitrogens is 2. The normalized spacial score (nSPS) is 11.7. The molecule has 1 amide bonds. The van der Waals surface area contributed by atoms with Gasteiger partial charge in [0.25, 0.3) is 0 Å². The number of imidazole rings is 1. The quantitative estimate of drug-likeness (QED) is 0.291. The number of carbonyl (C=O) groups is 1. The Bertz CT molecular complexity index is 1180. The molecule has 0 spiro atoms. The van der Waals surface area contributed by atoms with Crippen molar-refractivity contribution in [2.45, 2.75) is 17.3 Å². The Kier molecular flexibility index (Phi) is 6.77. The van der Waals surface area contributed by atoms with Crippen LogP contribution in [0.25, 0.3) is 11.3 Å². The summed E-state index contributed by atoms with van der Waals surface area (Å²) in [6.07, 6.45) is 1.77. The Morgan fingerprint density at radius 1 is 1.03 bits per heavy atom. The van der Waals surface area contributed by atoms with Gasteiger partial charge >= 0.3 is 0 Å². The van der Waals surface area contributed by atoms with Gasteiger partial charge in [-0.1, -0.05) is 84.6 Å². The highest BCUT2D eigenvalue weighted by Gasteiger charge is 2.25. The third-order valence-electron chi connectivity index (χ3n) is 4.78. The molecule has 0 bridgehead atoms. The van der Waals surface area contributed by atoms with Gasteiger partial charge in [-0.2, -0.15) is 0 Å². The summed E-state index contributed by atoms with van der Waals surface area (Å²) in [5.41, 5.74) is 3.20. The fourth-order valence-corrected chi connectivity index (χ4v) is 4.26. The molecule has 1 heterocycles. The summed E-state index contributed by atoms with van der Waals surface area (Å²) < 4.78 is 7.12. The largest absolute Gasteiger partial charge is 0.492 e. The van der Waals surface area contributed by atoms with Crippen LogP contribution in [0.2, 0.25) is 0 Å². The summed E-state index contributed by atoms with van der Waals surface area (Å²) in [7, 11) is 0. The number of ether oxygens (including phenoxy) is 1. The van der Waals surface area contributed by atoms with Crippen molar-refractivity contribution in [2.75, 3.05) is 17.8 Å². The zero-order valence-electron chi connectivity index (χ0n) is 17.6. The van der Waals surface area contributed by atoms with Crippen molar-refractivity contribution in [3.8, 4) is 17.0 Å². The third kappa shape index (κ3) is 4.95. The molecule has 6 nitrogen and oxygen atoms in total. The SMILES string of the molecule is CCOc1ccccc1NC(=O)[C@@H](Sc1nc(-c2ccccc2)cn1N)c1ccccc1. The minimum Gasteiger partial charge on any atom is -0.492 e. The molecule has 7 heteroatoms. The van der Waals surface area contributed by atoms with Crippen LogP contribution in [-0.2, 0) is 4.79 Å². The molecule has 4 rings (SSSR count). The van der Waals surface area contributed by atoms with Crippen LogP contribution in [0.3, 0.4) is 0 Å². The minimum atomic E-state index is -0.556. The maximum Gasteiger partial charge on any atom is 0.242 e. The molecule has 1 aromatic heterocycles. The van der Waals surface area contributed by atoms with E-state index in [1.807, 2.05) is 91.9 Å². The second-order valence-corrected chi connectivity index (χ2v) is 8.08. The molecule has 1 atom stereocenters. The molecule has 0 saturated carbocycles. The van der Waals surface area contributed by atoms with Crippen LogP contribution in [0.1, 0.15) is 17.7 Å². The average molecular weight is 445 g/mol. The van der Waals surface area contributed by atoms with Gasteiger partial charge in [-0.05, 0) is 24.6 Å². The molecule has 3 aromatic carbocycles. The van der Waals surface area contributed by atoms with Crippen LogP contribution in [0.15, 0.2) is 96.3 Å². The lowest BCUT2D eigenvalue weighted by Gasteiger charge is -2.18. The Balaban J connectivity index is 1.63. The number of nitrogens with two attached hydrogens (primary N) is 1. The van der Waals surface area contributed by atoms with Gasteiger partial charge in [0.05, 0.1) is 24.2 Å². The fraction of sp³-hybridized carbons (Fsp3) is 0.120. The summed E-state index contributed by atoms with van der Waals surface area (Å²) in [6.45, 7) is 2.42. The number of benzene rings is 3. The van der Waals surface area contributed by atoms with Gasteiger partial charge < -0.3 is 15.9 Å². The third-order valence-corrected chi connectivity index (χ3v) is 6.01. The first-order chi connectivity index (χ1) is 15.7. The molecule has 0 aliphatic carbocycles. The van der Waals surface area contributed by atoms with Crippen molar-refractivity contribution in [2.24, 2.45) is 0 Å². The Morgan fingerprint density at radius 3 is 2.41 bits per heavy atom. The van der Waals surface area contributed by atoms with Gasteiger partial charge in [-0.3, -0.25) is 4.79 Å². The molecule has 4 aromatic rings. The highest BCUT2D eigenvalue weighted by molar-refractivity contribution is 8.00. The Morgan fingerprint density at radius 2 is 1.69 bits per heavy atom. The van der Waals surface area contributed by atoms with Crippen LogP contribution < -0.4 is 15.9 Å². The molecule has 0 aliphatic heterocycles. The van der Waals surface area contributed by atoms with E-state index in [0.717, 1.165) is 16.8 Å². The van der Waals surface area contributed by atoms with E-state index < -0.39 is 5.25 Å². The van der Waals surface area contributed by atoms with E-state index in [0.29, 0.717) is 23.2 Å². The number of carbonyl (C=O) groups excluding carboxylic acids is 1. The first-order valence-corrected chi connectivity index (χ1v) is 11.2. The van der Waals surface area contributed by atoms with Crippen LogP contribution in [0.5, 0.6) is 5.75 Å². The summed E-state index contributed by atoms with van der Waals surface area (Å²) >= 11 is 1.30. The van der Waals surface area contributed by atoms with Gasteiger partial charge in [0.15, 0.2) is 5.16 Å². The number of nitrogen functional groups attached to an aromatic ring is 1. The second kappa shape index (κ2) is 10.1. The van der Waals surface area contributed by atoms with E-state index in [9.17, 15) is 4.79 Å². The van der Waals surface area contributed by atoms with Crippen molar-refractivity contribution >= 4 is 23.4 Å². The van der Waals surface area contributed by atoms with E-state index in [-0.39, 0.29) is 5.91 Å². The van der Waals surface area contributed by atoms with Gasteiger partial charge in [0.1, 0.15) is 11.0 Å². The molecular formula is C25H24N4O2S. The number of hydrogen-bond donors (Lipinski definition) is 2. The van der Waals surface area contributed by atoms with E-state index in [4.69, 9.17) is 10.6 Å². The Hall–Kier alpha value is -3.71. The standard InChI is InChI=1S/C25H24N4O2S/c1-2-31-22-16-10-9-15-20(22)27-24(30)23(19-13-7-4-8-14-19)32-25-28-21(17-29(25)26)18-11-5-3-6-12-18/h3-17,23H,2,26H2,1H3,(H,27,30)/t23-/m0/s1. The predicted octanol–water partition coefficient (Wildman–Crippen LogP) is 5.13. The molecule has 162 valence electrons. The summed E-state index contributed by atoms with van der Waals surface area (Å²) in [6, 6.07) is 26.8. The zero-order valence-corrected chi connectivity index (χ0v) is 18.5. The van der Waals surface area contributed by atoms with Gasteiger partial charge in [0, 0.05) is 5.56 Å². The van der Waals surface area contributed by atoms with Crippen molar-refractivity contribution in [3.63, 3.8) is 0 Å². The molecule has 0 saturated heterocycles. The van der Waals surface area contributed by atoms with E-state index >= 15 is 0 Å². The van der Waals surface area contributed by atoms with Gasteiger partial charge in [-0.15, -0.1) is 0 Å². The highest BCUT2D eigenvalue weighted by atomic mass is 32.2. The molecule has 0 radical (unpaired) electrons. The second-order valence-electron chi connectivity index (χ2n) is 7.01. The first kappa shape index (κ1) is 21.5. The lowest BCUT2D eigenvalue weighted by Crippen LogP contribution is -2.20. The number of nitrogens with one attached hydrogen (secondary N) is 1. The highest BCUT2D eigenvalue weighted by Crippen LogP contribution is 2.37. The first-order valence-electron chi connectivity index (χ1n) is 10.3. The van der Waals surface area contributed by atoms with Gasteiger partial charge in [-0.25, -0.2) is 9.66 Å². The Labute approximate surface area is 191 Å². The number of para-hydroxylation sites is 2. The van der Waals surface area contributed by atoms with E-state index in [1.165, 1.54) is 16.4 Å². The van der Waals surface area contributed by atoms with E-state index in [1.54, 1.807) is 6.20 Å². The fourth-order valence-electron chi connectivity index (χ4n) is 3.27. The number of rotatable bonds is 8. The zero-order chi connectivity index (χ0) is 22.3.